The summed E-state index contributed by atoms with van der Waals surface area (Å²) in [4.78, 5) is 14.3. The minimum atomic E-state index is 0.0634. The highest BCUT2D eigenvalue weighted by molar-refractivity contribution is 9.09. The van der Waals surface area contributed by atoms with Gasteiger partial charge in [0.25, 0.3) is 5.91 Å². The summed E-state index contributed by atoms with van der Waals surface area (Å²) < 4.78 is 0. The lowest BCUT2D eigenvalue weighted by Crippen LogP contribution is -2.33. The Bertz CT molecular complexity index is 389. The predicted octanol–water partition coefficient (Wildman–Crippen LogP) is 4.29. The van der Waals surface area contributed by atoms with Crippen molar-refractivity contribution in [2.45, 2.75) is 26.7 Å². The highest BCUT2D eigenvalue weighted by atomic mass is 79.9. The molecule has 0 heterocycles. The van der Waals surface area contributed by atoms with E-state index in [1.54, 1.807) is 6.07 Å². The zero-order valence-corrected chi connectivity index (χ0v) is 13.2. The number of hydrogen-bond donors (Lipinski definition) is 0. The van der Waals surface area contributed by atoms with Crippen LogP contribution in [0.4, 0.5) is 0 Å². The number of carbonyl (C=O) groups excluding carboxylic acids is 1. The number of nitrogens with zero attached hydrogens (tertiary/aromatic N) is 1. The van der Waals surface area contributed by atoms with E-state index in [1.807, 2.05) is 24.0 Å². The van der Waals surface area contributed by atoms with Gasteiger partial charge in [0.05, 0.1) is 0 Å². The van der Waals surface area contributed by atoms with Crippen molar-refractivity contribution in [3.05, 3.63) is 34.3 Å². The smallest absolute Gasteiger partial charge is 0.253 e. The number of unbranched alkanes of at least 4 members (excludes halogenated alkanes) is 1. The van der Waals surface area contributed by atoms with Crippen LogP contribution in [0.2, 0.25) is 5.02 Å². The summed E-state index contributed by atoms with van der Waals surface area (Å²) in [7, 11) is 0. The summed E-state index contributed by atoms with van der Waals surface area (Å²) in [5.41, 5.74) is 1.69. The SMILES string of the molecule is CCCCN(CCBr)C(=O)c1cc(C)cc(Cl)c1. The second-order valence-corrected chi connectivity index (χ2v) is 5.58. The van der Waals surface area contributed by atoms with Crippen LogP contribution in [0.25, 0.3) is 0 Å². The molecule has 0 bridgehead atoms. The Morgan fingerprint density at radius 3 is 2.61 bits per heavy atom. The monoisotopic (exact) mass is 331 g/mol. The molecule has 0 fully saturated rings. The van der Waals surface area contributed by atoms with Crippen molar-refractivity contribution in [2.24, 2.45) is 0 Å². The fourth-order valence-corrected chi connectivity index (χ4v) is 2.53. The Hall–Kier alpha value is -0.540. The van der Waals surface area contributed by atoms with Crippen molar-refractivity contribution in [3.8, 4) is 0 Å². The zero-order chi connectivity index (χ0) is 13.5. The molecule has 0 aliphatic rings. The maximum Gasteiger partial charge on any atom is 0.253 e. The first-order valence-corrected chi connectivity index (χ1v) is 7.71. The lowest BCUT2D eigenvalue weighted by Gasteiger charge is -2.22. The van der Waals surface area contributed by atoms with Gasteiger partial charge in [-0.05, 0) is 37.1 Å². The van der Waals surface area contributed by atoms with Crippen molar-refractivity contribution >= 4 is 33.4 Å². The summed E-state index contributed by atoms with van der Waals surface area (Å²) in [5.74, 6) is 0.0634. The van der Waals surface area contributed by atoms with Crippen LogP contribution in [0.1, 0.15) is 35.7 Å². The normalized spacial score (nSPS) is 10.4. The van der Waals surface area contributed by atoms with Crippen molar-refractivity contribution in [2.75, 3.05) is 18.4 Å². The number of halogens is 2. The van der Waals surface area contributed by atoms with Crippen LogP contribution in [0, 0.1) is 6.92 Å². The molecule has 0 aromatic heterocycles. The third kappa shape index (κ3) is 4.62. The van der Waals surface area contributed by atoms with E-state index in [1.165, 1.54) is 0 Å². The fourth-order valence-electron chi connectivity index (χ4n) is 1.81. The molecular weight excluding hydrogens is 314 g/mol. The maximum absolute atomic E-state index is 12.4. The Labute approximate surface area is 122 Å². The van der Waals surface area contributed by atoms with Gasteiger partial charge in [0.1, 0.15) is 0 Å². The molecule has 100 valence electrons. The average molecular weight is 333 g/mol. The molecule has 0 radical (unpaired) electrons. The second-order valence-electron chi connectivity index (χ2n) is 4.35. The van der Waals surface area contributed by atoms with Crippen LogP contribution in [-0.2, 0) is 0 Å². The minimum Gasteiger partial charge on any atom is -0.338 e. The topological polar surface area (TPSA) is 20.3 Å². The lowest BCUT2D eigenvalue weighted by atomic mass is 10.1. The standard InChI is InChI=1S/C14H19BrClNO/c1-3-4-6-17(7-5-15)14(18)12-8-11(2)9-13(16)10-12/h8-10H,3-7H2,1-2H3. The molecule has 0 saturated carbocycles. The first-order valence-electron chi connectivity index (χ1n) is 6.21. The summed E-state index contributed by atoms with van der Waals surface area (Å²) >= 11 is 9.39. The molecule has 0 N–H and O–H groups in total. The number of benzene rings is 1. The van der Waals surface area contributed by atoms with Crippen molar-refractivity contribution in [1.82, 2.24) is 4.90 Å². The van der Waals surface area contributed by atoms with Crippen molar-refractivity contribution in [3.63, 3.8) is 0 Å². The number of hydrogen-bond acceptors (Lipinski definition) is 1. The molecular formula is C14H19BrClNO. The number of alkyl halides is 1. The predicted molar refractivity (Wildman–Crippen MR) is 80.8 cm³/mol. The molecule has 1 rings (SSSR count). The molecule has 18 heavy (non-hydrogen) atoms. The molecule has 0 aliphatic carbocycles. The molecule has 0 aliphatic heterocycles. The van der Waals surface area contributed by atoms with Crippen LogP contribution < -0.4 is 0 Å². The van der Waals surface area contributed by atoms with E-state index in [9.17, 15) is 4.79 Å². The van der Waals surface area contributed by atoms with Gasteiger partial charge in [-0.25, -0.2) is 0 Å². The summed E-state index contributed by atoms with van der Waals surface area (Å²) in [5, 5.41) is 1.41. The van der Waals surface area contributed by atoms with Gasteiger partial charge in [-0.15, -0.1) is 0 Å². The Kier molecular flexibility index (Phi) is 6.72. The van der Waals surface area contributed by atoms with E-state index >= 15 is 0 Å². The van der Waals surface area contributed by atoms with Gasteiger partial charge < -0.3 is 4.90 Å². The van der Waals surface area contributed by atoms with Gasteiger partial charge in [0.2, 0.25) is 0 Å². The van der Waals surface area contributed by atoms with Gasteiger partial charge in [0.15, 0.2) is 0 Å². The Morgan fingerprint density at radius 2 is 2.06 bits per heavy atom. The van der Waals surface area contributed by atoms with Crippen LogP contribution in [0.5, 0.6) is 0 Å². The fraction of sp³-hybridized carbons (Fsp3) is 0.500. The summed E-state index contributed by atoms with van der Waals surface area (Å²) in [6.45, 7) is 5.60. The van der Waals surface area contributed by atoms with E-state index in [0.717, 1.165) is 36.8 Å². The van der Waals surface area contributed by atoms with Gasteiger partial charge in [-0.3, -0.25) is 4.79 Å². The zero-order valence-electron chi connectivity index (χ0n) is 10.9. The van der Waals surface area contributed by atoms with Crippen molar-refractivity contribution in [1.29, 1.82) is 0 Å². The molecule has 0 saturated heterocycles. The van der Waals surface area contributed by atoms with Crippen LogP contribution >= 0.6 is 27.5 Å². The lowest BCUT2D eigenvalue weighted by molar-refractivity contribution is 0.0764. The Balaban J connectivity index is 2.86. The maximum atomic E-state index is 12.4. The van der Waals surface area contributed by atoms with Gasteiger partial charge in [-0.2, -0.15) is 0 Å². The third-order valence-corrected chi connectivity index (χ3v) is 3.29. The first kappa shape index (κ1) is 15.5. The number of aryl methyl sites for hydroxylation is 1. The number of carbonyl (C=O) groups is 1. The average Bonchev–Trinajstić information content (AvgIpc) is 2.32. The second kappa shape index (κ2) is 7.80. The van der Waals surface area contributed by atoms with Gasteiger partial charge >= 0.3 is 0 Å². The highest BCUT2D eigenvalue weighted by Crippen LogP contribution is 2.16. The van der Waals surface area contributed by atoms with Crippen molar-refractivity contribution < 1.29 is 4.79 Å². The first-order chi connectivity index (χ1) is 8.58. The molecule has 0 atom stereocenters. The van der Waals surface area contributed by atoms with Gasteiger partial charge in [0, 0.05) is 29.0 Å². The van der Waals surface area contributed by atoms with E-state index in [-0.39, 0.29) is 5.91 Å². The van der Waals surface area contributed by atoms with E-state index in [2.05, 4.69) is 22.9 Å². The molecule has 1 aromatic carbocycles. The van der Waals surface area contributed by atoms with E-state index < -0.39 is 0 Å². The van der Waals surface area contributed by atoms with Crippen LogP contribution in [0.3, 0.4) is 0 Å². The highest BCUT2D eigenvalue weighted by Gasteiger charge is 2.15. The molecule has 0 unspecified atom stereocenters. The summed E-state index contributed by atoms with van der Waals surface area (Å²) in [6.07, 6.45) is 2.11. The molecule has 0 spiro atoms. The van der Waals surface area contributed by atoms with Crippen LogP contribution in [0.15, 0.2) is 18.2 Å². The summed E-state index contributed by atoms with van der Waals surface area (Å²) in [6, 6.07) is 5.49. The quantitative estimate of drug-likeness (QED) is 0.712. The molecule has 1 aromatic rings. The largest absolute Gasteiger partial charge is 0.338 e. The third-order valence-electron chi connectivity index (χ3n) is 2.71. The van der Waals surface area contributed by atoms with Gasteiger partial charge in [-0.1, -0.05) is 40.9 Å². The number of rotatable bonds is 6. The Morgan fingerprint density at radius 1 is 1.33 bits per heavy atom. The molecule has 2 nitrogen and oxygen atoms in total. The number of amides is 1. The minimum absolute atomic E-state index is 0.0634. The van der Waals surface area contributed by atoms with E-state index in [0.29, 0.717) is 10.6 Å². The molecule has 4 heteroatoms. The van der Waals surface area contributed by atoms with E-state index in [4.69, 9.17) is 11.6 Å². The van der Waals surface area contributed by atoms with Crippen LogP contribution in [-0.4, -0.2) is 29.2 Å². The molecule has 1 amide bonds.